The molecule has 5 rings (SSSR count). The number of aromatic nitrogens is 5. The zero-order valence-corrected chi connectivity index (χ0v) is 20.0. The average Bonchev–Trinajstić information content (AvgIpc) is 3.45. The standard InChI is InChI=1S/C24H32N6O4/c1-24(2,3)34-23(32)29-11-9-15(10-12-29)18-13-19(31)26-20-17(14-25-30(18)20)22-28-27-21(33-22)16-7-5-4-6-8-16/h13-16H,4-12H2,1-3H3,(H,26,31). The number of hydrogen-bond acceptors (Lipinski definition) is 7. The molecule has 1 saturated carbocycles. The lowest BCUT2D eigenvalue weighted by Gasteiger charge is -2.33. The molecule has 0 radical (unpaired) electrons. The zero-order valence-electron chi connectivity index (χ0n) is 20.0. The summed E-state index contributed by atoms with van der Waals surface area (Å²) in [6.45, 7) is 6.72. The molecule has 0 spiro atoms. The first-order valence-corrected chi connectivity index (χ1v) is 12.2. The first-order chi connectivity index (χ1) is 16.3. The monoisotopic (exact) mass is 468 g/mol. The third kappa shape index (κ3) is 4.58. The van der Waals surface area contributed by atoms with Crippen LogP contribution < -0.4 is 5.56 Å². The van der Waals surface area contributed by atoms with Gasteiger partial charge in [0.1, 0.15) is 16.8 Å². The Bertz CT molecular complexity index is 1220. The Morgan fingerprint density at radius 1 is 1.09 bits per heavy atom. The first kappa shape index (κ1) is 22.6. The van der Waals surface area contributed by atoms with E-state index in [1.807, 2.05) is 20.8 Å². The van der Waals surface area contributed by atoms with Crippen LogP contribution in [0.5, 0.6) is 0 Å². The number of ether oxygens (including phenoxy) is 1. The average molecular weight is 469 g/mol. The van der Waals surface area contributed by atoms with Gasteiger partial charge in [-0.15, -0.1) is 10.2 Å². The molecule has 1 aliphatic heterocycles. The maximum absolute atomic E-state index is 12.6. The van der Waals surface area contributed by atoms with Crippen molar-refractivity contribution in [3.63, 3.8) is 0 Å². The molecule has 2 aliphatic rings. The van der Waals surface area contributed by atoms with Crippen LogP contribution in [0.3, 0.4) is 0 Å². The number of carbonyl (C=O) groups is 1. The van der Waals surface area contributed by atoms with E-state index in [2.05, 4.69) is 20.3 Å². The van der Waals surface area contributed by atoms with Gasteiger partial charge in [0.15, 0.2) is 0 Å². The number of rotatable bonds is 3. The highest BCUT2D eigenvalue weighted by Crippen LogP contribution is 2.34. The molecule has 0 aromatic carbocycles. The molecule has 4 heterocycles. The van der Waals surface area contributed by atoms with Gasteiger partial charge in [0.05, 0.1) is 11.9 Å². The Balaban J connectivity index is 1.37. The van der Waals surface area contributed by atoms with Crippen molar-refractivity contribution < 1.29 is 13.9 Å². The molecule has 1 N–H and O–H groups in total. The fraction of sp³-hybridized carbons (Fsp3) is 0.625. The van der Waals surface area contributed by atoms with Gasteiger partial charge in [-0.2, -0.15) is 5.10 Å². The molecule has 0 unspecified atom stereocenters. The fourth-order valence-corrected chi connectivity index (χ4v) is 5.00. The molecular formula is C24H32N6O4. The molecule has 3 aromatic rings. The van der Waals surface area contributed by atoms with Crippen LogP contribution in [0, 0.1) is 0 Å². The summed E-state index contributed by atoms with van der Waals surface area (Å²) >= 11 is 0. The highest BCUT2D eigenvalue weighted by atomic mass is 16.6. The lowest BCUT2D eigenvalue weighted by molar-refractivity contribution is 0.0203. The van der Waals surface area contributed by atoms with Crippen molar-refractivity contribution in [1.29, 1.82) is 0 Å². The van der Waals surface area contributed by atoms with Crippen molar-refractivity contribution in [2.45, 2.75) is 83.2 Å². The van der Waals surface area contributed by atoms with Crippen molar-refractivity contribution in [2.75, 3.05) is 13.1 Å². The summed E-state index contributed by atoms with van der Waals surface area (Å²) in [4.78, 5) is 29.6. The Hall–Kier alpha value is -3.17. The quantitative estimate of drug-likeness (QED) is 0.611. The smallest absolute Gasteiger partial charge is 0.410 e. The largest absolute Gasteiger partial charge is 0.444 e. The molecule has 10 nitrogen and oxygen atoms in total. The van der Waals surface area contributed by atoms with Gasteiger partial charge in [-0.05, 0) is 46.5 Å². The molecule has 34 heavy (non-hydrogen) atoms. The second kappa shape index (κ2) is 8.88. The molecule has 10 heteroatoms. The fourth-order valence-electron chi connectivity index (χ4n) is 5.00. The number of piperidine rings is 1. The van der Waals surface area contributed by atoms with Crippen LogP contribution in [0.2, 0.25) is 0 Å². The number of hydrogen-bond donors (Lipinski definition) is 1. The van der Waals surface area contributed by atoms with Crippen LogP contribution in [0.15, 0.2) is 21.5 Å². The first-order valence-electron chi connectivity index (χ1n) is 12.2. The molecule has 1 amide bonds. The van der Waals surface area contributed by atoms with Crippen molar-refractivity contribution in [2.24, 2.45) is 0 Å². The zero-order chi connectivity index (χ0) is 23.9. The minimum atomic E-state index is -0.524. The van der Waals surface area contributed by atoms with E-state index in [1.165, 1.54) is 19.3 Å². The second-order valence-electron chi connectivity index (χ2n) is 10.4. The SMILES string of the molecule is CC(C)(C)OC(=O)N1CCC(c2cc(=O)[nH]c3c(-c4nnc(C5CCCCC5)o4)cnn23)CC1. The van der Waals surface area contributed by atoms with Crippen molar-refractivity contribution >= 4 is 11.7 Å². The maximum Gasteiger partial charge on any atom is 0.410 e. The van der Waals surface area contributed by atoms with Gasteiger partial charge in [0.2, 0.25) is 5.89 Å². The summed E-state index contributed by atoms with van der Waals surface area (Å²) in [5, 5.41) is 13.1. The molecule has 0 atom stereocenters. The number of aromatic amines is 1. The predicted octanol–water partition coefficient (Wildman–Crippen LogP) is 4.23. The number of carbonyl (C=O) groups excluding carboxylic acids is 1. The van der Waals surface area contributed by atoms with E-state index in [9.17, 15) is 9.59 Å². The lowest BCUT2D eigenvalue weighted by atomic mass is 9.89. The topological polar surface area (TPSA) is 119 Å². The van der Waals surface area contributed by atoms with E-state index < -0.39 is 5.60 Å². The Labute approximate surface area is 197 Å². The predicted molar refractivity (Wildman–Crippen MR) is 125 cm³/mol. The summed E-state index contributed by atoms with van der Waals surface area (Å²) in [5.74, 6) is 1.45. The van der Waals surface area contributed by atoms with Gasteiger partial charge in [-0.1, -0.05) is 19.3 Å². The van der Waals surface area contributed by atoms with E-state index in [1.54, 1.807) is 21.7 Å². The van der Waals surface area contributed by atoms with Crippen LogP contribution >= 0.6 is 0 Å². The Morgan fingerprint density at radius 3 is 2.53 bits per heavy atom. The van der Waals surface area contributed by atoms with Crippen LogP contribution in [-0.2, 0) is 4.74 Å². The van der Waals surface area contributed by atoms with Crippen molar-refractivity contribution in [3.05, 3.63) is 34.2 Å². The van der Waals surface area contributed by atoms with E-state index in [4.69, 9.17) is 9.15 Å². The minimum absolute atomic E-state index is 0.0942. The third-order valence-corrected chi connectivity index (χ3v) is 6.72. The van der Waals surface area contributed by atoms with Gasteiger partial charge in [-0.3, -0.25) is 4.79 Å². The van der Waals surface area contributed by atoms with Gasteiger partial charge in [0.25, 0.3) is 11.4 Å². The lowest BCUT2D eigenvalue weighted by Crippen LogP contribution is -2.41. The highest BCUT2D eigenvalue weighted by Gasteiger charge is 2.30. The van der Waals surface area contributed by atoms with Crippen LogP contribution in [0.4, 0.5) is 4.79 Å². The molecule has 1 aliphatic carbocycles. The van der Waals surface area contributed by atoms with Crippen molar-refractivity contribution in [3.8, 4) is 11.5 Å². The number of nitrogens with zero attached hydrogens (tertiary/aromatic N) is 5. The summed E-state index contributed by atoms with van der Waals surface area (Å²) in [7, 11) is 0. The summed E-state index contributed by atoms with van der Waals surface area (Å²) in [5.41, 5.74) is 1.27. The maximum atomic E-state index is 12.6. The summed E-state index contributed by atoms with van der Waals surface area (Å²) in [6, 6.07) is 1.60. The van der Waals surface area contributed by atoms with Crippen molar-refractivity contribution in [1.82, 2.24) is 29.7 Å². The van der Waals surface area contributed by atoms with E-state index in [0.29, 0.717) is 42.0 Å². The Kier molecular flexibility index (Phi) is 5.91. The summed E-state index contributed by atoms with van der Waals surface area (Å²) < 4.78 is 13.3. The normalized spacial score (nSPS) is 18.5. The molecule has 0 bridgehead atoms. The van der Waals surface area contributed by atoms with E-state index in [-0.39, 0.29) is 17.6 Å². The number of fused-ring (bicyclic) bond motifs is 1. The van der Waals surface area contributed by atoms with Gasteiger partial charge < -0.3 is 19.0 Å². The van der Waals surface area contributed by atoms with Gasteiger partial charge in [-0.25, -0.2) is 9.31 Å². The molecular weight excluding hydrogens is 436 g/mol. The summed E-state index contributed by atoms with van der Waals surface area (Å²) in [6.07, 6.45) is 8.57. The molecule has 3 aromatic heterocycles. The van der Waals surface area contributed by atoms with Crippen LogP contribution in [-0.4, -0.2) is 54.5 Å². The van der Waals surface area contributed by atoms with Gasteiger partial charge in [0, 0.05) is 31.0 Å². The molecule has 2 fully saturated rings. The third-order valence-electron chi connectivity index (χ3n) is 6.72. The van der Waals surface area contributed by atoms with Crippen LogP contribution in [0.1, 0.15) is 89.1 Å². The molecule has 182 valence electrons. The number of nitrogens with one attached hydrogen (secondary N) is 1. The van der Waals surface area contributed by atoms with Gasteiger partial charge >= 0.3 is 6.09 Å². The number of likely N-dealkylation sites (tertiary alicyclic amines) is 1. The molecule has 1 saturated heterocycles. The Morgan fingerprint density at radius 2 is 1.82 bits per heavy atom. The highest BCUT2D eigenvalue weighted by molar-refractivity contribution is 5.71. The van der Waals surface area contributed by atoms with E-state index in [0.717, 1.165) is 31.4 Å². The second-order valence-corrected chi connectivity index (χ2v) is 10.4. The van der Waals surface area contributed by atoms with E-state index >= 15 is 0 Å². The number of H-pyrrole nitrogens is 1. The minimum Gasteiger partial charge on any atom is -0.444 e. The number of amides is 1. The van der Waals surface area contributed by atoms with Crippen LogP contribution in [0.25, 0.3) is 17.1 Å².